The number of hydrogen-bond donors (Lipinski definition) is 2. The molecular formula is C21H30N2O2. The Kier molecular flexibility index (Phi) is 4.83. The van der Waals surface area contributed by atoms with Gasteiger partial charge in [-0.3, -0.25) is 4.79 Å². The van der Waals surface area contributed by atoms with Gasteiger partial charge in [0.2, 0.25) is 0 Å². The number of benzene rings is 1. The van der Waals surface area contributed by atoms with Gasteiger partial charge < -0.3 is 15.3 Å². The van der Waals surface area contributed by atoms with Crippen molar-refractivity contribution < 1.29 is 9.90 Å². The third kappa shape index (κ3) is 3.22. The summed E-state index contributed by atoms with van der Waals surface area (Å²) in [5, 5.41) is 14.3. The summed E-state index contributed by atoms with van der Waals surface area (Å²) in [4.78, 5) is 15.4. The summed E-state index contributed by atoms with van der Waals surface area (Å²) in [6.45, 7) is 2.19. The maximum atomic E-state index is 13.4. The summed E-state index contributed by atoms with van der Waals surface area (Å²) < 4.78 is 0. The van der Waals surface area contributed by atoms with E-state index in [-0.39, 0.29) is 11.9 Å². The van der Waals surface area contributed by atoms with Crippen LogP contribution in [0.3, 0.4) is 0 Å². The molecule has 0 spiro atoms. The minimum atomic E-state index is -1.18. The van der Waals surface area contributed by atoms with Crippen molar-refractivity contribution in [2.24, 2.45) is 5.92 Å². The highest BCUT2D eigenvalue weighted by molar-refractivity contribution is 5.86. The number of fused-ring (bicyclic) bond motifs is 1. The highest BCUT2D eigenvalue weighted by Crippen LogP contribution is 2.43. The lowest BCUT2D eigenvalue weighted by molar-refractivity contribution is -0.159. The Morgan fingerprint density at radius 3 is 2.60 bits per heavy atom. The number of aliphatic hydroxyl groups is 1. The second-order valence-electron chi connectivity index (χ2n) is 8.07. The summed E-state index contributed by atoms with van der Waals surface area (Å²) in [5.41, 5.74) is 1.54. The van der Waals surface area contributed by atoms with Gasteiger partial charge in [0, 0.05) is 6.54 Å². The van der Waals surface area contributed by atoms with Crippen LogP contribution in [-0.2, 0) is 11.2 Å². The first-order chi connectivity index (χ1) is 12.2. The van der Waals surface area contributed by atoms with Crippen molar-refractivity contribution in [2.75, 3.05) is 19.6 Å². The fourth-order valence-corrected chi connectivity index (χ4v) is 5.11. The minimum Gasteiger partial charge on any atom is -0.380 e. The lowest BCUT2D eigenvalue weighted by Crippen LogP contribution is -2.57. The van der Waals surface area contributed by atoms with Gasteiger partial charge in [-0.15, -0.1) is 0 Å². The van der Waals surface area contributed by atoms with Crippen LogP contribution >= 0.6 is 0 Å². The predicted octanol–water partition coefficient (Wildman–Crippen LogP) is 2.81. The Balaban J connectivity index is 1.66. The molecule has 0 bridgehead atoms. The van der Waals surface area contributed by atoms with E-state index < -0.39 is 5.60 Å². The molecule has 0 aromatic heterocycles. The van der Waals surface area contributed by atoms with Crippen molar-refractivity contribution in [1.82, 2.24) is 10.2 Å². The lowest BCUT2D eigenvalue weighted by Gasteiger charge is -2.46. The molecule has 136 valence electrons. The summed E-state index contributed by atoms with van der Waals surface area (Å²) >= 11 is 0. The number of piperidine rings is 1. The van der Waals surface area contributed by atoms with E-state index in [4.69, 9.17) is 0 Å². The van der Waals surface area contributed by atoms with Gasteiger partial charge in [0.1, 0.15) is 5.60 Å². The molecule has 1 aliphatic carbocycles. The van der Waals surface area contributed by atoms with Crippen molar-refractivity contribution in [3.05, 3.63) is 35.4 Å². The highest BCUT2D eigenvalue weighted by Gasteiger charge is 2.45. The SMILES string of the molecule is O=C(N1CCc2ccccc2C1C1CCCCC1)C1(O)CCNCC1. The monoisotopic (exact) mass is 342 g/mol. The van der Waals surface area contributed by atoms with Gasteiger partial charge in [-0.2, -0.15) is 0 Å². The van der Waals surface area contributed by atoms with E-state index in [9.17, 15) is 9.90 Å². The zero-order chi connectivity index (χ0) is 17.3. The molecule has 1 aromatic carbocycles. The second-order valence-corrected chi connectivity index (χ2v) is 8.07. The molecule has 1 atom stereocenters. The van der Waals surface area contributed by atoms with Crippen LogP contribution in [0.5, 0.6) is 0 Å². The Labute approximate surface area is 150 Å². The molecule has 1 saturated carbocycles. The molecule has 1 aromatic rings. The smallest absolute Gasteiger partial charge is 0.255 e. The molecule has 4 rings (SSSR count). The van der Waals surface area contributed by atoms with Crippen LogP contribution in [0.1, 0.15) is 62.1 Å². The van der Waals surface area contributed by atoms with Gasteiger partial charge >= 0.3 is 0 Å². The van der Waals surface area contributed by atoms with Crippen molar-refractivity contribution in [1.29, 1.82) is 0 Å². The van der Waals surface area contributed by atoms with E-state index in [2.05, 4.69) is 29.6 Å². The third-order valence-corrected chi connectivity index (χ3v) is 6.52. The topological polar surface area (TPSA) is 52.6 Å². The Hall–Kier alpha value is -1.39. The molecule has 1 amide bonds. The number of hydrogen-bond acceptors (Lipinski definition) is 3. The first kappa shape index (κ1) is 17.0. The summed E-state index contributed by atoms with van der Waals surface area (Å²) in [6.07, 6.45) is 8.20. The quantitative estimate of drug-likeness (QED) is 0.869. The Bertz CT molecular complexity index is 618. The average Bonchev–Trinajstić information content (AvgIpc) is 2.68. The van der Waals surface area contributed by atoms with Crippen LogP contribution in [0.2, 0.25) is 0 Å². The van der Waals surface area contributed by atoms with E-state index in [0.29, 0.717) is 18.8 Å². The molecule has 4 heteroatoms. The molecule has 25 heavy (non-hydrogen) atoms. The Morgan fingerprint density at radius 1 is 1.12 bits per heavy atom. The van der Waals surface area contributed by atoms with Crippen molar-refractivity contribution >= 4 is 5.91 Å². The van der Waals surface area contributed by atoms with Gasteiger partial charge in [0.25, 0.3) is 5.91 Å². The van der Waals surface area contributed by atoms with Crippen molar-refractivity contribution in [3.63, 3.8) is 0 Å². The summed E-state index contributed by atoms with van der Waals surface area (Å²) in [5.74, 6) is 0.503. The maximum absolute atomic E-state index is 13.4. The van der Waals surface area contributed by atoms with Gasteiger partial charge in [-0.05, 0) is 62.2 Å². The van der Waals surface area contributed by atoms with Crippen molar-refractivity contribution in [2.45, 2.75) is 63.0 Å². The van der Waals surface area contributed by atoms with Crippen LogP contribution in [-0.4, -0.2) is 41.1 Å². The van der Waals surface area contributed by atoms with Gasteiger partial charge in [-0.1, -0.05) is 43.5 Å². The van der Waals surface area contributed by atoms with Crippen LogP contribution in [0.4, 0.5) is 0 Å². The molecule has 4 nitrogen and oxygen atoms in total. The molecule has 1 unspecified atom stereocenters. The molecule has 3 aliphatic rings. The van der Waals surface area contributed by atoms with Gasteiger partial charge in [0.15, 0.2) is 0 Å². The van der Waals surface area contributed by atoms with Gasteiger partial charge in [-0.25, -0.2) is 0 Å². The summed E-state index contributed by atoms with van der Waals surface area (Å²) in [6, 6.07) is 8.78. The second kappa shape index (κ2) is 7.08. The van der Waals surface area contributed by atoms with Crippen LogP contribution in [0, 0.1) is 5.92 Å². The molecule has 2 fully saturated rings. The first-order valence-electron chi connectivity index (χ1n) is 10.0. The highest BCUT2D eigenvalue weighted by atomic mass is 16.3. The normalized spacial score (nSPS) is 26.9. The summed E-state index contributed by atoms with van der Waals surface area (Å²) in [7, 11) is 0. The van der Waals surface area contributed by atoms with Crippen LogP contribution in [0.15, 0.2) is 24.3 Å². The maximum Gasteiger partial charge on any atom is 0.255 e. The Morgan fingerprint density at radius 2 is 1.84 bits per heavy atom. The van der Waals surface area contributed by atoms with E-state index in [0.717, 1.165) is 26.1 Å². The van der Waals surface area contributed by atoms with E-state index >= 15 is 0 Å². The molecule has 2 aliphatic heterocycles. The molecule has 2 N–H and O–H groups in total. The molecule has 0 radical (unpaired) electrons. The number of carbonyl (C=O) groups is 1. The number of nitrogens with zero attached hydrogens (tertiary/aromatic N) is 1. The number of amides is 1. The van der Waals surface area contributed by atoms with E-state index in [1.54, 1.807) is 0 Å². The standard InChI is InChI=1S/C21H30N2O2/c24-20(21(25)11-13-22-14-12-21)23-15-10-16-6-4-5-9-18(16)19(23)17-7-2-1-3-8-17/h4-6,9,17,19,22,25H,1-3,7-8,10-15H2. The zero-order valence-electron chi connectivity index (χ0n) is 15.0. The van der Waals surface area contributed by atoms with Crippen molar-refractivity contribution in [3.8, 4) is 0 Å². The van der Waals surface area contributed by atoms with E-state index in [1.165, 1.54) is 43.2 Å². The zero-order valence-corrected chi connectivity index (χ0v) is 15.0. The fraction of sp³-hybridized carbons (Fsp3) is 0.667. The number of nitrogens with one attached hydrogen (secondary N) is 1. The minimum absolute atomic E-state index is 0.0286. The fourth-order valence-electron chi connectivity index (χ4n) is 5.11. The lowest BCUT2D eigenvalue weighted by atomic mass is 9.76. The molecular weight excluding hydrogens is 312 g/mol. The van der Waals surface area contributed by atoms with Crippen LogP contribution < -0.4 is 5.32 Å². The predicted molar refractivity (Wildman–Crippen MR) is 98.2 cm³/mol. The molecule has 1 saturated heterocycles. The third-order valence-electron chi connectivity index (χ3n) is 6.52. The number of carbonyl (C=O) groups excluding carboxylic acids is 1. The largest absolute Gasteiger partial charge is 0.380 e. The van der Waals surface area contributed by atoms with Gasteiger partial charge in [0.05, 0.1) is 6.04 Å². The number of rotatable bonds is 2. The average molecular weight is 342 g/mol. The van der Waals surface area contributed by atoms with E-state index in [1.807, 2.05) is 4.90 Å². The molecule has 2 heterocycles. The van der Waals surface area contributed by atoms with Crippen LogP contribution in [0.25, 0.3) is 0 Å². The first-order valence-corrected chi connectivity index (χ1v) is 10.0.